The molecule has 0 bridgehead atoms. The molecule has 162 valence electrons. The van der Waals surface area contributed by atoms with E-state index in [9.17, 15) is 31.5 Å². The minimum absolute atomic E-state index is 0.0464. The third-order valence-corrected chi connectivity index (χ3v) is 7.25. The summed E-state index contributed by atoms with van der Waals surface area (Å²) in [5.74, 6) is -1.35. The lowest BCUT2D eigenvalue weighted by atomic mass is 9.97. The van der Waals surface area contributed by atoms with Crippen LogP contribution in [-0.4, -0.2) is 43.7 Å². The van der Waals surface area contributed by atoms with Crippen LogP contribution in [0.3, 0.4) is 0 Å². The second-order valence-electron chi connectivity index (χ2n) is 6.65. The molecule has 2 aromatic carbocycles. The lowest BCUT2D eigenvalue weighted by Crippen LogP contribution is -2.53. The zero-order valence-electron chi connectivity index (χ0n) is 15.5. The van der Waals surface area contributed by atoms with Crippen molar-refractivity contribution in [2.24, 2.45) is 0 Å². The number of carboxylic acid groups (broad SMARTS) is 1. The first-order chi connectivity index (χ1) is 14.0. The smallest absolute Gasteiger partial charge is 0.480 e. The molecule has 7 nitrogen and oxygen atoms in total. The van der Waals surface area contributed by atoms with Crippen molar-refractivity contribution in [1.29, 1.82) is 0 Å². The number of rotatable bonds is 6. The summed E-state index contributed by atoms with van der Waals surface area (Å²) in [7, 11) is -4.15. The third-order valence-electron chi connectivity index (χ3n) is 4.74. The maximum atomic E-state index is 13.0. The number of hydrogen-bond donors (Lipinski definition) is 2. The lowest BCUT2D eigenvalue weighted by molar-refractivity contribution is -0.274. The Balaban J connectivity index is 1.77. The van der Waals surface area contributed by atoms with Crippen molar-refractivity contribution < 1.29 is 41.0 Å². The summed E-state index contributed by atoms with van der Waals surface area (Å²) in [6.45, 7) is 0.557. The predicted octanol–water partition coefficient (Wildman–Crippen LogP) is 3.36. The fourth-order valence-corrected chi connectivity index (χ4v) is 5.10. The highest BCUT2D eigenvalue weighted by Crippen LogP contribution is 2.35. The normalized spacial score (nSPS) is 16.6. The molecule has 30 heavy (non-hydrogen) atoms. The van der Waals surface area contributed by atoms with Gasteiger partial charge in [0.1, 0.15) is 17.2 Å². The van der Waals surface area contributed by atoms with Gasteiger partial charge in [-0.1, -0.05) is 0 Å². The average Bonchev–Trinajstić information content (AvgIpc) is 2.69. The van der Waals surface area contributed by atoms with E-state index < -0.39 is 32.7 Å². The number of ether oxygens (including phenoxy) is 2. The standard InChI is InChI=1S/C19H18F3NO6S/c20-19(21,22)29-15-3-1-13(2-4-15)28-14-5-7-16(8-6-14)30(26,27)18(17(24)25)9-11-23-12-10-18/h1-8,23H,9-12H2,(H,24,25). The Morgan fingerprint density at radius 1 is 0.933 bits per heavy atom. The third kappa shape index (κ3) is 4.51. The van der Waals surface area contributed by atoms with Crippen LogP contribution in [0.5, 0.6) is 17.2 Å². The molecule has 1 aliphatic heterocycles. The summed E-state index contributed by atoms with van der Waals surface area (Å²) in [5.41, 5.74) is 0. The van der Waals surface area contributed by atoms with Crippen LogP contribution < -0.4 is 14.8 Å². The van der Waals surface area contributed by atoms with E-state index in [4.69, 9.17) is 4.74 Å². The van der Waals surface area contributed by atoms with E-state index in [1.165, 1.54) is 36.4 Å². The van der Waals surface area contributed by atoms with Crippen molar-refractivity contribution in [2.75, 3.05) is 13.1 Å². The van der Waals surface area contributed by atoms with Gasteiger partial charge in [0, 0.05) is 0 Å². The maximum absolute atomic E-state index is 13.0. The molecule has 1 aliphatic rings. The largest absolute Gasteiger partial charge is 0.573 e. The van der Waals surface area contributed by atoms with Crippen LogP contribution in [0.15, 0.2) is 53.4 Å². The lowest BCUT2D eigenvalue weighted by Gasteiger charge is -2.33. The van der Waals surface area contributed by atoms with Crippen LogP contribution in [-0.2, 0) is 14.6 Å². The molecule has 0 spiro atoms. The Morgan fingerprint density at radius 3 is 1.87 bits per heavy atom. The topological polar surface area (TPSA) is 102 Å². The molecule has 0 amide bonds. The summed E-state index contributed by atoms with van der Waals surface area (Å²) >= 11 is 0. The van der Waals surface area contributed by atoms with E-state index in [2.05, 4.69) is 10.1 Å². The van der Waals surface area contributed by atoms with Gasteiger partial charge in [-0.2, -0.15) is 0 Å². The Morgan fingerprint density at radius 2 is 1.40 bits per heavy atom. The Labute approximate surface area is 170 Å². The summed E-state index contributed by atoms with van der Waals surface area (Å²) in [5, 5.41) is 12.6. The summed E-state index contributed by atoms with van der Waals surface area (Å²) in [6.07, 6.45) is -4.89. The highest BCUT2D eigenvalue weighted by molar-refractivity contribution is 7.93. The van der Waals surface area contributed by atoms with E-state index in [0.717, 1.165) is 12.1 Å². The predicted molar refractivity (Wildman–Crippen MR) is 99.3 cm³/mol. The van der Waals surface area contributed by atoms with Gasteiger partial charge in [0.15, 0.2) is 14.6 Å². The number of sulfone groups is 1. The molecule has 1 saturated heterocycles. The van der Waals surface area contributed by atoms with Crippen molar-refractivity contribution >= 4 is 15.8 Å². The number of alkyl halides is 3. The van der Waals surface area contributed by atoms with Gasteiger partial charge in [0.2, 0.25) is 0 Å². The van der Waals surface area contributed by atoms with Crippen molar-refractivity contribution in [3.8, 4) is 17.2 Å². The Bertz CT molecular complexity index is 998. The molecule has 2 aromatic rings. The van der Waals surface area contributed by atoms with Gasteiger partial charge in [-0.05, 0) is 74.5 Å². The highest BCUT2D eigenvalue weighted by Gasteiger charge is 2.52. The molecule has 0 radical (unpaired) electrons. The van der Waals surface area contributed by atoms with Crippen molar-refractivity contribution in [3.63, 3.8) is 0 Å². The molecule has 2 N–H and O–H groups in total. The van der Waals surface area contributed by atoms with Crippen LogP contribution in [0, 0.1) is 0 Å². The first-order valence-electron chi connectivity index (χ1n) is 8.86. The second kappa shape index (κ2) is 8.15. The SMILES string of the molecule is O=C(O)C1(S(=O)(=O)c2ccc(Oc3ccc(OC(F)(F)F)cc3)cc2)CCNCC1. The summed E-state index contributed by atoms with van der Waals surface area (Å²) in [4.78, 5) is 11.7. The molecular weight excluding hydrogens is 427 g/mol. The number of halogens is 3. The van der Waals surface area contributed by atoms with Crippen LogP contribution >= 0.6 is 0 Å². The van der Waals surface area contributed by atoms with Gasteiger partial charge in [0.05, 0.1) is 4.90 Å². The average molecular weight is 445 g/mol. The van der Waals surface area contributed by atoms with E-state index in [1.54, 1.807) is 0 Å². The molecule has 1 fully saturated rings. The Kier molecular flexibility index (Phi) is 5.95. The van der Waals surface area contributed by atoms with Gasteiger partial charge < -0.3 is 19.9 Å². The molecule has 11 heteroatoms. The fraction of sp³-hybridized carbons (Fsp3) is 0.316. The van der Waals surface area contributed by atoms with Crippen molar-refractivity contribution in [2.45, 2.75) is 28.8 Å². The minimum atomic E-state index is -4.80. The van der Waals surface area contributed by atoms with E-state index in [1.807, 2.05) is 0 Å². The van der Waals surface area contributed by atoms with Gasteiger partial charge in [-0.3, -0.25) is 4.79 Å². The molecule has 3 rings (SSSR count). The summed E-state index contributed by atoms with van der Waals surface area (Å²) in [6, 6.07) is 9.88. The quantitative estimate of drug-likeness (QED) is 0.703. The second-order valence-corrected chi connectivity index (χ2v) is 8.91. The number of hydrogen-bond acceptors (Lipinski definition) is 6. The first kappa shape index (κ1) is 21.9. The van der Waals surface area contributed by atoms with Gasteiger partial charge in [-0.15, -0.1) is 13.2 Å². The summed E-state index contributed by atoms with van der Waals surface area (Å²) < 4.78 is 70.0. The van der Waals surface area contributed by atoms with E-state index in [0.29, 0.717) is 0 Å². The molecule has 0 atom stereocenters. The highest BCUT2D eigenvalue weighted by atomic mass is 32.2. The molecule has 0 saturated carbocycles. The fourth-order valence-electron chi connectivity index (χ4n) is 3.19. The van der Waals surface area contributed by atoms with E-state index in [-0.39, 0.29) is 42.3 Å². The number of nitrogens with one attached hydrogen (secondary N) is 1. The number of piperidine rings is 1. The zero-order valence-corrected chi connectivity index (χ0v) is 16.3. The number of carbonyl (C=O) groups is 1. The zero-order chi connectivity index (χ0) is 22.0. The molecule has 1 heterocycles. The van der Waals surface area contributed by atoms with Crippen molar-refractivity contribution in [3.05, 3.63) is 48.5 Å². The monoisotopic (exact) mass is 445 g/mol. The van der Waals surface area contributed by atoms with Crippen molar-refractivity contribution in [1.82, 2.24) is 5.32 Å². The maximum Gasteiger partial charge on any atom is 0.573 e. The Hall–Kier alpha value is -2.79. The number of benzene rings is 2. The van der Waals surface area contributed by atoms with Crippen LogP contribution in [0.1, 0.15) is 12.8 Å². The minimum Gasteiger partial charge on any atom is -0.480 e. The van der Waals surface area contributed by atoms with Gasteiger partial charge >= 0.3 is 12.3 Å². The van der Waals surface area contributed by atoms with Gasteiger partial charge in [-0.25, -0.2) is 8.42 Å². The molecule has 0 unspecified atom stereocenters. The molecule has 0 aromatic heterocycles. The van der Waals surface area contributed by atoms with Gasteiger partial charge in [0.25, 0.3) is 0 Å². The van der Waals surface area contributed by atoms with Crippen LogP contribution in [0.4, 0.5) is 13.2 Å². The van der Waals surface area contributed by atoms with Crippen LogP contribution in [0.25, 0.3) is 0 Å². The number of aliphatic carboxylic acids is 1. The molecular formula is C19H18F3NO6S. The number of carboxylic acids is 1. The van der Waals surface area contributed by atoms with E-state index >= 15 is 0 Å². The first-order valence-corrected chi connectivity index (χ1v) is 10.3. The molecule has 0 aliphatic carbocycles. The van der Waals surface area contributed by atoms with Crippen LogP contribution in [0.2, 0.25) is 0 Å².